The van der Waals surface area contributed by atoms with Crippen LogP contribution in [0, 0.1) is 0 Å². The third kappa shape index (κ3) is 3.67. The van der Waals surface area contributed by atoms with E-state index in [1.807, 2.05) is 43.7 Å². The van der Waals surface area contributed by atoms with Crippen LogP contribution >= 0.6 is 0 Å². The number of aromatic nitrogens is 2. The largest absolute Gasteiger partial charge is 0.399 e. The van der Waals surface area contributed by atoms with Crippen molar-refractivity contribution in [2.24, 2.45) is 0 Å². The Morgan fingerprint density at radius 3 is 2.55 bits per heavy atom. The van der Waals surface area contributed by atoms with E-state index in [1.54, 1.807) is 12.3 Å². The van der Waals surface area contributed by atoms with E-state index in [2.05, 4.69) is 24.3 Å². The fourth-order valence-corrected chi connectivity index (χ4v) is 2.30. The van der Waals surface area contributed by atoms with Gasteiger partial charge < -0.3 is 11.1 Å². The molecule has 1 amide bonds. The first-order valence-electron chi connectivity index (χ1n) is 7.44. The third-order valence-corrected chi connectivity index (χ3v) is 3.16. The SMILES string of the molecule is CC(C)n1nccc1-c1cc(N)cc(C(=O)NC(C)(C)C)c1. The monoisotopic (exact) mass is 300 g/mol. The average molecular weight is 300 g/mol. The number of nitrogens with zero attached hydrogens (tertiary/aromatic N) is 2. The molecule has 1 heterocycles. The Hall–Kier alpha value is -2.30. The molecule has 1 aromatic carbocycles. The van der Waals surface area contributed by atoms with Crippen LogP contribution in [0.1, 0.15) is 51.0 Å². The molecule has 0 radical (unpaired) electrons. The molecule has 0 aliphatic rings. The van der Waals surface area contributed by atoms with Gasteiger partial charge in [-0.25, -0.2) is 0 Å². The lowest BCUT2D eigenvalue weighted by Gasteiger charge is -2.21. The van der Waals surface area contributed by atoms with Gasteiger partial charge in [0.15, 0.2) is 0 Å². The highest BCUT2D eigenvalue weighted by molar-refractivity contribution is 5.96. The van der Waals surface area contributed by atoms with Crippen molar-refractivity contribution >= 4 is 11.6 Å². The van der Waals surface area contributed by atoms with Crippen LogP contribution in [0.25, 0.3) is 11.3 Å². The van der Waals surface area contributed by atoms with Gasteiger partial charge in [-0.3, -0.25) is 9.48 Å². The molecule has 1 aromatic heterocycles. The molecule has 0 saturated heterocycles. The number of anilines is 1. The number of hydrogen-bond donors (Lipinski definition) is 2. The molecule has 0 bridgehead atoms. The van der Waals surface area contributed by atoms with Crippen LogP contribution in [0.2, 0.25) is 0 Å². The molecule has 2 rings (SSSR count). The van der Waals surface area contributed by atoms with Gasteiger partial charge >= 0.3 is 0 Å². The summed E-state index contributed by atoms with van der Waals surface area (Å²) in [6.45, 7) is 9.98. The molecule has 0 aliphatic heterocycles. The van der Waals surface area contributed by atoms with Crippen LogP contribution in [-0.2, 0) is 0 Å². The van der Waals surface area contributed by atoms with Crippen LogP contribution < -0.4 is 11.1 Å². The van der Waals surface area contributed by atoms with Crippen molar-refractivity contribution in [1.29, 1.82) is 0 Å². The van der Waals surface area contributed by atoms with Gasteiger partial charge in [0.25, 0.3) is 5.91 Å². The van der Waals surface area contributed by atoms with Crippen LogP contribution in [0.15, 0.2) is 30.5 Å². The maximum Gasteiger partial charge on any atom is 0.251 e. The summed E-state index contributed by atoms with van der Waals surface area (Å²) in [5.41, 5.74) is 8.66. The van der Waals surface area contributed by atoms with Crippen molar-refractivity contribution in [2.45, 2.75) is 46.2 Å². The Bertz CT molecular complexity index is 680. The van der Waals surface area contributed by atoms with Gasteiger partial charge in [-0.05, 0) is 58.9 Å². The van der Waals surface area contributed by atoms with E-state index in [4.69, 9.17) is 5.73 Å². The fourth-order valence-electron chi connectivity index (χ4n) is 2.30. The summed E-state index contributed by atoms with van der Waals surface area (Å²) in [7, 11) is 0. The van der Waals surface area contributed by atoms with Gasteiger partial charge in [0, 0.05) is 34.6 Å². The number of benzene rings is 1. The highest BCUT2D eigenvalue weighted by atomic mass is 16.1. The van der Waals surface area contributed by atoms with Gasteiger partial charge in [-0.2, -0.15) is 5.10 Å². The molecule has 5 heteroatoms. The van der Waals surface area contributed by atoms with Gasteiger partial charge in [0.1, 0.15) is 0 Å². The number of nitrogen functional groups attached to an aromatic ring is 1. The number of carbonyl (C=O) groups is 1. The van der Waals surface area contributed by atoms with Crippen molar-refractivity contribution < 1.29 is 4.79 Å². The maximum atomic E-state index is 12.4. The summed E-state index contributed by atoms with van der Waals surface area (Å²) < 4.78 is 1.92. The van der Waals surface area contributed by atoms with Crippen LogP contribution in [0.5, 0.6) is 0 Å². The topological polar surface area (TPSA) is 72.9 Å². The van der Waals surface area contributed by atoms with E-state index in [0.717, 1.165) is 11.3 Å². The quantitative estimate of drug-likeness (QED) is 0.855. The number of amides is 1. The van der Waals surface area contributed by atoms with Crippen LogP contribution in [-0.4, -0.2) is 21.2 Å². The van der Waals surface area contributed by atoms with Gasteiger partial charge in [-0.15, -0.1) is 0 Å². The maximum absolute atomic E-state index is 12.4. The normalized spacial score (nSPS) is 11.7. The summed E-state index contributed by atoms with van der Waals surface area (Å²) in [4.78, 5) is 12.4. The molecule has 22 heavy (non-hydrogen) atoms. The summed E-state index contributed by atoms with van der Waals surface area (Å²) in [5, 5.41) is 7.29. The van der Waals surface area contributed by atoms with Crippen LogP contribution in [0.4, 0.5) is 5.69 Å². The first-order chi connectivity index (χ1) is 10.2. The Kier molecular flexibility index (Phi) is 4.26. The minimum absolute atomic E-state index is 0.128. The predicted octanol–water partition coefficient (Wildman–Crippen LogP) is 3.24. The molecule has 5 nitrogen and oxygen atoms in total. The van der Waals surface area contributed by atoms with Gasteiger partial charge in [0.2, 0.25) is 0 Å². The molecule has 0 spiro atoms. The molecule has 0 aliphatic carbocycles. The van der Waals surface area contributed by atoms with Crippen molar-refractivity contribution in [3.05, 3.63) is 36.0 Å². The van der Waals surface area contributed by atoms with Gasteiger partial charge in [-0.1, -0.05) is 0 Å². The average Bonchev–Trinajstić information content (AvgIpc) is 2.85. The number of rotatable bonds is 3. The van der Waals surface area contributed by atoms with E-state index >= 15 is 0 Å². The predicted molar refractivity (Wildman–Crippen MR) is 89.7 cm³/mol. The third-order valence-electron chi connectivity index (χ3n) is 3.16. The number of nitrogens with one attached hydrogen (secondary N) is 1. The van der Waals surface area contributed by atoms with E-state index < -0.39 is 0 Å². The van der Waals surface area contributed by atoms with Crippen molar-refractivity contribution in [3.63, 3.8) is 0 Å². The lowest BCUT2D eigenvalue weighted by Crippen LogP contribution is -2.40. The standard InChI is InChI=1S/C17H24N4O/c1-11(2)21-15(6-7-19-21)12-8-13(10-14(18)9-12)16(22)20-17(3,4)5/h6-11H,18H2,1-5H3,(H,20,22). The first kappa shape index (κ1) is 16.1. The highest BCUT2D eigenvalue weighted by Gasteiger charge is 2.17. The molecule has 0 fully saturated rings. The van der Waals surface area contributed by atoms with E-state index in [0.29, 0.717) is 11.3 Å². The second-order valence-corrected chi connectivity index (χ2v) is 6.80. The Morgan fingerprint density at radius 1 is 1.27 bits per heavy atom. The lowest BCUT2D eigenvalue weighted by atomic mass is 10.0. The number of hydrogen-bond acceptors (Lipinski definition) is 3. The lowest BCUT2D eigenvalue weighted by molar-refractivity contribution is 0.0919. The molecule has 2 aromatic rings. The van der Waals surface area contributed by atoms with E-state index in [1.165, 1.54) is 0 Å². The van der Waals surface area contributed by atoms with E-state index in [9.17, 15) is 4.79 Å². The Balaban J connectivity index is 2.43. The second kappa shape index (κ2) is 5.83. The van der Waals surface area contributed by atoms with Crippen LogP contribution in [0.3, 0.4) is 0 Å². The molecular weight excluding hydrogens is 276 g/mol. The highest BCUT2D eigenvalue weighted by Crippen LogP contribution is 2.25. The zero-order valence-corrected chi connectivity index (χ0v) is 13.8. The minimum Gasteiger partial charge on any atom is -0.399 e. The van der Waals surface area contributed by atoms with Gasteiger partial charge in [0.05, 0.1) is 5.69 Å². The summed E-state index contributed by atoms with van der Waals surface area (Å²) in [5.74, 6) is -0.128. The van der Waals surface area contributed by atoms with Crippen molar-refractivity contribution in [1.82, 2.24) is 15.1 Å². The smallest absolute Gasteiger partial charge is 0.251 e. The molecule has 3 N–H and O–H groups in total. The number of carbonyl (C=O) groups excluding carboxylic acids is 1. The Labute approximate surface area is 131 Å². The van der Waals surface area contributed by atoms with Crippen molar-refractivity contribution in [3.8, 4) is 11.3 Å². The molecule has 0 unspecified atom stereocenters. The first-order valence-corrected chi connectivity index (χ1v) is 7.44. The Morgan fingerprint density at radius 2 is 1.95 bits per heavy atom. The zero-order valence-electron chi connectivity index (χ0n) is 13.8. The summed E-state index contributed by atoms with van der Waals surface area (Å²) in [6, 6.07) is 7.58. The van der Waals surface area contributed by atoms with E-state index in [-0.39, 0.29) is 17.5 Å². The summed E-state index contributed by atoms with van der Waals surface area (Å²) >= 11 is 0. The molecule has 0 atom stereocenters. The zero-order chi connectivity index (χ0) is 16.5. The second-order valence-electron chi connectivity index (χ2n) is 6.80. The molecular formula is C17H24N4O. The fraction of sp³-hybridized carbons (Fsp3) is 0.412. The number of nitrogens with two attached hydrogens (primary N) is 1. The summed E-state index contributed by atoms with van der Waals surface area (Å²) in [6.07, 6.45) is 1.76. The molecule has 118 valence electrons. The minimum atomic E-state index is -0.290. The molecule has 0 saturated carbocycles. The van der Waals surface area contributed by atoms with Crippen molar-refractivity contribution in [2.75, 3.05) is 5.73 Å².